The van der Waals surface area contributed by atoms with Crippen LogP contribution in [0.5, 0.6) is 0 Å². The van der Waals surface area contributed by atoms with Crippen molar-refractivity contribution in [2.45, 2.75) is 52.9 Å². The minimum atomic E-state index is 0.00142. The number of carbonyl (C=O) groups excluding carboxylic acids is 2. The molecule has 8 heteroatoms. The molecule has 0 aliphatic carbocycles. The summed E-state index contributed by atoms with van der Waals surface area (Å²) in [7, 11) is 0. The Hall–Kier alpha value is -2.74. The number of likely N-dealkylation sites (tertiary alicyclic amines) is 1. The fraction of sp³-hybridized carbons (Fsp3) is 0.500. The SMILES string of the molecule is Cc1cc2nc(C)c(CCC(=O)N3CCC(C(=O)NCCc4cccs4)CC3)c(C)n2n1. The molecule has 0 atom stereocenters. The van der Waals surface area contributed by atoms with Crippen molar-refractivity contribution in [1.82, 2.24) is 24.8 Å². The molecule has 0 aromatic carbocycles. The summed E-state index contributed by atoms with van der Waals surface area (Å²) in [6.07, 6.45) is 3.44. The number of aromatic nitrogens is 3. The van der Waals surface area contributed by atoms with Gasteiger partial charge in [-0.1, -0.05) is 6.07 Å². The first-order valence-corrected chi connectivity index (χ1v) is 12.2. The summed E-state index contributed by atoms with van der Waals surface area (Å²) in [5.41, 5.74) is 4.89. The molecule has 4 heterocycles. The highest BCUT2D eigenvalue weighted by atomic mass is 32.1. The monoisotopic (exact) mass is 453 g/mol. The maximum Gasteiger partial charge on any atom is 0.223 e. The molecule has 170 valence electrons. The van der Waals surface area contributed by atoms with E-state index in [1.54, 1.807) is 11.3 Å². The number of amides is 2. The van der Waals surface area contributed by atoms with E-state index >= 15 is 0 Å². The highest BCUT2D eigenvalue weighted by Gasteiger charge is 2.27. The molecule has 4 rings (SSSR count). The van der Waals surface area contributed by atoms with Gasteiger partial charge >= 0.3 is 0 Å². The average molecular weight is 454 g/mol. The summed E-state index contributed by atoms with van der Waals surface area (Å²) < 4.78 is 1.87. The number of carbonyl (C=O) groups is 2. The molecule has 0 spiro atoms. The van der Waals surface area contributed by atoms with Crippen LogP contribution in [0.4, 0.5) is 0 Å². The zero-order valence-corrected chi connectivity index (χ0v) is 19.9. The minimum absolute atomic E-state index is 0.00142. The van der Waals surface area contributed by atoms with Crippen LogP contribution in [-0.4, -0.2) is 50.9 Å². The fourth-order valence-corrected chi connectivity index (χ4v) is 5.20. The molecule has 32 heavy (non-hydrogen) atoms. The van der Waals surface area contributed by atoms with Crippen LogP contribution in [0.25, 0.3) is 5.65 Å². The van der Waals surface area contributed by atoms with Crippen molar-refractivity contribution in [2.75, 3.05) is 19.6 Å². The van der Waals surface area contributed by atoms with E-state index in [4.69, 9.17) is 0 Å². The molecule has 1 aliphatic heterocycles. The topological polar surface area (TPSA) is 79.6 Å². The first-order chi connectivity index (χ1) is 15.4. The third kappa shape index (κ3) is 5.01. The third-order valence-electron chi connectivity index (χ3n) is 6.34. The lowest BCUT2D eigenvalue weighted by Gasteiger charge is -2.31. The molecule has 1 fully saturated rings. The van der Waals surface area contributed by atoms with Crippen LogP contribution in [0, 0.1) is 26.7 Å². The molecule has 0 bridgehead atoms. The van der Waals surface area contributed by atoms with Crippen LogP contribution in [0.1, 0.15) is 46.8 Å². The molecule has 3 aromatic heterocycles. The lowest BCUT2D eigenvalue weighted by atomic mass is 9.95. The van der Waals surface area contributed by atoms with Crippen molar-refractivity contribution in [2.24, 2.45) is 5.92 Å². The summed E-state index contributed by atoms with van der Waals surface area (Å²) in [5.74, 6) is 0.271. The summed E-state index contributed by atoms with van der Waals surface area (Å²) in [6.45, 7) is 7.96. The van der Waals surface area contributed by atoms with Crippen LogP contribution >= 0.6 is 11.3 Å². The van der Waals surface area contributed by atoms with Crippen molar-refractivity contribution >= 4 is 28.8 Å². The number of nitrogens with zero attached hydrogens (tertiary/aromatic N) is 4. The van der Waals surface area contributed by atoms with E-state index in [0.717, 1.165) is 47.6 Å². The molecule has 0 saturated carbocycles. The lowest BCUT2D eigenvalue weighted by molar-refractivity contribution is -0.135. The van der Waals surface area contributed by atoms with E-state index in [2.05, 4.69) is 26.8 Å². The van der Waals surface area contributed by atoms with Crippen LogP contribution in [-0.2, 0) is 22.4 Å². The maximum absolute atomic E-state index is 12.8. The number of fused-ring (bicyclic) bond motifs is 1. The van der Waals surface area contributed by atoms with Crippen LogP contribution in [0.15, 0.2) is 23.6 Å². The van der Waals surface area contributed by atoms with Crippen molar-refractivity contribution in [3.63, 3.8) is 0 Å². The number of hydrogen-bond acceptors (Lipinski definition) is 5. The van der Waals surface area contributed by atoms with E-state index < -0.39 is 0 Å². The van der Waals surface area contributed by atoms with Crippen LogP contribution in [0.3, 0.4) is 0 Å². The number of hydrogen-bond donors (Lipinski definition) is 1. The normalized spacial score (nSPS) is 14.8. The fourth-order valence-electron chi connectivity index (χ4n) is 4.49. The van der Waals surface area contributed by atoms with E-state index in [9.17, 15) is 9.59 Å². The quantitative estimate of drug-likeness (QED) is 0.596. The highest BCUT2D eigenvalue weighted by molar-refractivity contribution is 7.09. The molecular formula is C24H31N5O2S. The van der Waals surface area contributed by atoms with Gasteiger partial charge in [-0.05, 0) is 63.5 Å². The van der Waals surface area contributed by atoms with E-state index in [1.165, 1.54) is 4.88 Å². The zero-order valence-electron chi connectivity index (χ0n) is 19.1. The number of thiophene rings is 1. The lowest BCUT2D eigenvalue weighted by Crippen LogP contribution is -2.43. The summed E-state index contributed by atoms with van der Waals surface area (Å²) >= 11 is 1.72. The zero-order chi connectivity index (χ0) is 22.7. The molecular weight excluding hydrogens is 422 g/mol. The number of rotatable bonds is 7. The van der Waals surface area contributed by atoms with Gasteiger partial charge in [0.25, 0.3) is 0 Å². The Morgan fingerprint density at radius 3 is 2.69 bits per heavy atom. The standard InChI is InChI=1S/C24H31N5O2S/c1-16-15-22-26-17(2)21(18(3)29(22)27-16)6-7-23(30)28-12-9-19(10-13-28)24(31)25-11-8-20-5-4-14-32-20/h4-5,14-15,19H,6-13H2,1-3H3,(H,25,31). The first-order valence-electron chi connectivity index (χ1n) is 11.3. The second kappa shape index (κ2) is 9.81. The van der Waals surface area contributed by atoms with Gasteiger partial charge in [0.15, 0.2) is 5.65 Å². The van der Waals surface area contributed by atoms with E-state index in [1.807, 2.05) is 42.3 Å². The number of nitrogens with one attached hydrogen (secondary N) is 1. The molecule has 2 amide bonds. The van der Waals surface area contributed by atoms with Crippen LogP contribution < -0.4 is 5.32 Å². The Bertz CT molecular complexity index is 1100. The van der Waals surface area contributed by atoms with E-state index in [0.29, 0.717) is 32.5 Å². The summed E-state index contributed by atoms with van der Waals surface area (Å²) in [4.78, 5) is 33.1. The van der Waals surface area contributed by atoms with Gasteiger partial charge in [-0.15, -0.1) is 11.3 Å². The smallest absolute Gasteiger partial charge is 0.223 e. The third-order valence-corrected chi connectivity index (χ3v) is 7.28. The molecule has 1 aliphatic rings. The van der Waals surface area contributed by atoms with Crippen LogP contribution in [0.2, 0.25) is 0 Å². The Balaban J connectivity index is 1.25. The van der Waals surface area contributed by atoms with Gasteiger partial charge in [0, 0.05) is 54.3 Å². The van der Waals surface area contributed by atoms with Gasteiger partial charge in [0.1, 0.15) is 0 Å². The molecule has 1 N–H and O–H groups in total. The highest BCUT2D eigenvalue weighted by Crippen LogP contribution is 2.21. The molecule has 1 saturated heterocycles. The maximum atomic E-state index is 12.8. The minimum Gasteiger partial charge on any atom is -0.355 e. The van der Waals surface area contributed by atoms with Gasteiger partial charge in [-0.3, -0.25) is 9.59 Å². The summed E-state index contributed by atoms with van der Waals surface area (Å²) in [5, 5.41) is 9.63. The molecule has 7 nitrogen and oxygen atoms in total. The predicted molar refractivity (Wildman–Crippen MR) is 126 cm³/mol. The average Bonchev–Trinajstić information content (AvgIpc) is 3.42. The van der Waals surface area contributed by atoms with Gasteiger partial charge in [0.2, 0.25) is 11.8 Å². The molecule has 3 aromatic rings. The van der Waals surface area contributed by atoms with Crippen molar-refractivity contribution in [3.8, 4) is 0 Å². The van der Waals surface area contributed by atoms with Gasteiger partial charge < -0.3 is 10.2 Å². The molecule has 0 unspecified atom stereocenters. The Morgan fingerprint density at radius 1 is 1.19 bits per heavy atom. The number of aryl methyl sites for hydroxylation is 3. The summed E-state index contributed by atoms with van der Waals surface area (Å²) in [6, 6.07) is 6.09. The largest absolute Gasteiger partial charge is 0.355 e. The number of piperidine rings is 1. The van der Waals surface area contributed by atoms with Crippen molar-refractivity contribution in [1.29, 1.82) is 0 Å². The second-order valence-corrected chi connectivity index (χ2v) is 9.62. The van der Waals surface area contributed by atoms with Gasteiger partial charge in [-0.2, -0.15) is 5.10 Å². The van der Waals surface area contributed by atoms with E-state index in [-0.39, 0.29) is 17.7 Å². The van der Waals surface area contributed by atoms with Gasteiger partial charge in [0.05, 0.1) is 5.69 Å². The Labute approximate surface area is 192 Å². The predicted octanol–water partition coefficient (Wildman–Crippen LogP) is 3.25. The van der Waals surface area contributed by atoms with Crippen molar-refractivity contribution in [3.05, 3.63) is 51.1 Å². The Morgan fingerprint density at radius 2 is 1.97 bits per heavy atom. The first kappa shape index (κ1) is 22.5. The molecule has 0 radical (unpaired) electrons. The van der Waals surface area contributed by atoms with Crippen molar-refractivity contribution < 1.29 is 9.59 Å². The Kier molecular flexibility index (Phi) is 6.89. The van der Waals surface area contributed by atoms with Gasteiger partial charge in [-0.25, -0.2) is 9.50 Å². The second-order valence-electron chi connectivity index (χ2n) is 8.59.